The predicted octanol–water partition coefficient (Wildman–Crippen LogP) is 4.22. The van der Waals surface area contributed by atoms with E-state index in [0.29, 0.717) is 11.5 Å². The number of guanidine groups is 1. The van der Waals surface area contributed by atoms with Crippen LogP contribution in [-0.2, 0) is 6.42 Å². The molecule has 0 bridgehead atoms. The van der Waals surface area contributed by atoms with Crippen LogP contribution in [0.15, 0.2) is 27.7 Å². The Morgan fingerprint density at radius 3 is 2.62 bits per heavy atom. The highest BCUT2D eigenvalue weighted by Crippen LogP contribution is 2.16. The molecule has 2 rings (SSSR count). The van der Waals surface area contributed by atoms with Crippen LogP contribution in [0.5, 0.6) is 0 Å². The second-order valence-electron chi connectivity index (χ2n) is 6.28. The van der Waals surface area contributed by atoms with E-state index >= 15 is 0 Å². The van der Waals surface area contributed by atoms with E-state index in [0.717, 1.165) is 36.4 Å². The fourth-order valence-electron chi connectivity index (χ4n) is 2.69. The van der Waals surface area contributed by atoms with E-state index in [1.165, 1.54) is 5.56 Å². The Morgan fingerprint density at radius 2 is 2.04 bits per heavy atom. The Kier molecular flexibility index (Phi) is 9.04. The Labute approximate surface area is 171 Å². The van der Waals surface area contributed by atoms with Crippen molar-refractivity contribution in [3.05, 3.63) is 52.2 Å². The SMILES string of the molecule is CN=C(NCCCc1c(C)noc1C)NC(C)c1ccc(C)c(F)c1.I. The number of nitrogens with zero attached hydrogens (tertiary/aromatic N) is 2. The summed E-state index contributed by atoms with van der Waals surface area (Å²) in [6, 6.07) is 5.25. The Bertz CT molecular complexity index is 726. The van der Waals surface area contributed by atoms with Crippen molar-refractivity contribution >= 4 is 29.9 Å². The quantitative estimate of drug-likeness (QED) is 0.285. The Morgan fingerprint density at radius 1 is 1.31 bits per heavy atom. The minimum atomic E-state index is -0.187. The van der Waals surface area contributed by atoms with Gasteiger partial charge in [0.15, 0.2) is 5.96 Å². The second kappa shape index (κ2) is 10.5. The van der Waals surface area contributed by atoms with E-state index in [4.69, 9.17) is 4.52 Å². The summed E-state index contributed by atoms with van der Waals surface area (Å²) in [6.07, 6.45) is 1.85. The van der Waals surface area contributed by atoms with Gasteiger partial charge in [0.1, 0.15) is 11.6 Å². The smallest absolute Gasteiger partial charge is 0.191 e. The summed E-state index contributed by atoms with van der Waals surface area (Å²) in [5.74, 6) is 1.40. The first-order chi connectivity index (χ1) is 11.9. The van der Waals surface area contributed by atoms with Gasteiger partial charge in [0.05, 0.1) is 11.7 Å². The highest BCUT2D eigenvalue weighted by molar-refractivity contribution is 14.0. The van der Waals surface area contributed by atoms with E-state index in [1.54, 1.807) is 26.1 Å². The van der Waals surface area contributed by atoms with Crippen LogP contribution in [0.25, 0.3) is 0 Å². The Hall–Kier alpha value is -1.64. The van der Waals surface area contributed by atoms with Crippen LogP contribution in [0, 0.1) is 26.6 Å². The molecule has 5 nitrogen and oxygen atoms in total. The zero-order valence-electron chi connectivity index (χ0n) is 16.0. The van der Waals surface area contributed by atoms with Crippen LogP contribution in [0.4, 0.5) is 4.39 Å². The molecule has 0 spiro atoms. The molecule has 0 aliphatic rings. The number of aryl methyl sites for hydroxylation is 3. The summed E-state index contributed by atoms with van der Waals surface area (Å²) in [6.45, 7) is 8.42. The van der Waals surface area contributed by atoms with Crippen LogP contribution in [0.1, 0.15) is 47.5 Å². The van der Waals surface area contributed by atoms with Crippen molar-refractivity contribution in [1.29, 1.82) is 0 Å². The van der Waals surface area contributed by atoms with Crippen molar-refractivity contribution in [1.82, 2.24) is 15.8 Å². The molecule has 1 aromatic carbocycles. The minimum Gasteiger partial charge on any atom is -0.361 e. The molecule has 1 heterocycles. The maximum atomic E-state index is 13.7. The number of benzene rings is 1. The summed E-state index contributed by atoms with van der Waals surface area (Å²) in [7, 11) is 1.73. The van der Waals surface area contributed by atoms with Gasteiger partial charge in [0.25, 0.3) is 0 Å². The van der Waals surface area contributed by atoms with E-state index in [-0.39, 0.29) is 35.8 Å². The first-order valence-corrected chi connectivity index (χ1v) is 8.57. The molecule has 2 N–H and O–H groups in total. The monoisotopic (exact) mass is 474 g/mol. The Balaban J connectivity index is 0.00000338. The van der Waals surface area contributed by atoms with Crippen molar-refractivity contribution in [3.63, 3.8) is 0 Å². The summed E-state index contributed by atoms with van der Waals surface area (Å²) < 4.78 is 18.9. The van der Waals surface area contributed by atoms with Gasteiger partial charge in [0.2, 0.25) is 0 Å². The lowest BCUT2D eigenvalue weighted by Gasteiger charge is -2.18. The van der Waals surface area contributed by atoms with E-state index in [9.17, 15) is 4.39 Å². The van der Waals surface area contributed by atoms with Crippen LogP contribution >= 0.6 is 24.0 Å². The highest BCUT2D eigenvalue weighted by Gasteiger charge is 2.11. The fourth-order valence-corrected chi connectivity index (χ4v) is 2.69. The van der Waals surface area contributed by atoms with Gasteiger partial charge in [-0.15, -0.1) is 24.0 Å². The number of aromatic nitrogens is 1. The van der Waals surface area contributed by atoms with E-state index in [1.807, 2.05) is 26.8 Å². The molecule has 0 saturated heterocycles. The molecule has 0 aliphatic carbocycles. The molecule has 144 valence electrons. The normalized spacial score (nSPS) is 12.5. The fraction of sp³-hybridized carbons (Fsp3) is 0.474. The molecule has 7 heteroatoms. The van der Waals surface area contributed by atoms with Crippen molar-refractivity contribution < 1.29 is 8.91 Å². The summed E-state index contributed by atoms with van der Waals surface area (Å²) in [5, 5.41) is 10.5. The van der Waals surface area contributed by atoms with Crippen LogP contribution in [0.2, 0.25) is 0 Å². The zero-order chi connectivity index (χ0) is 18.4. The number of nitrogens with one attached hydrogen (secondary N) is 2. The second-order valence-corrected chi connectivity index (χ2v) is 6.28. The predicted molar refractivity (Wildman–Crippen MR) is 114 cm³/mol. The van der Waals surface area contributed by atoms with Crippen LogP contribution in [0.3, 0.4) is 0 Å². The number of hydrogen-bond donors (Lipinski definition) is 2. The first kappa shape index (κ1) is 22.4. The molecule has 1 atom stereocenters. The number of halogens is 2. The molecule has 0 amide bonds. The minimum absolute atomic E-state index is 0. The summed E-state index contributed by atoms with van der Waals surface area (Å²) >= 11 is 0. The first-order valence-electron chi connectivity index (χ1n) is 8.57. The van der Waals surface area contributed by atoms with Gasteiger partial charge in [-0.3, -0.25) is 4.99 Å². The molecular formula is C19H28FIN4O. The average Bonchev–Trinajstić information content (AvgIpc) is 2.91. The molecule has 2 aromatic rings. The topological polar surface area (TPSA) is 62.5 Å². The maximum absolute atomic E-state index is 13.7. The van der Waals surface area contributed by atoms with Crippen molar-refractivity contribution in [2.24, 2.45) is 4.99 Å². The number of rotatable bonds is 6. The van der Waals surface area contributed by atoms with Gasteiger partial charge in [-0.05, 0) is 57.7 Å². The maximum Gasteiger partial charge on any atom is 0.191 e. The van der Waals surface area contributed by atoms with E-state index in [2.05, 4.69) is 20.8 Å². The molecule has 1 unspecified atom stereocenters. The van der Waals surface area contributed by atoms with Gasteiger partial charge in [-0.2, -0.15) is 0 Å². The zero-order valence-corrected chi connectivity index (χ0v) is 18.3. The van der Waals surface area contributed by atoms with Gasteiger partial charge in [-0.1, -0.05) is 17.3 Å². The van der Waals surface area contributed by atoms with Crippen LogP contribution in [-0.4, -0.2) is 24.7 Å². The van der Waals surface area contributed by atoms with Gasteiger partial charge in [-0.25, -0.2) is 4.39 Å². The summed E-state index contributed by atoms with van der Waals surface area (Å²) in [5.41, 5.74) is 3.67. The van der Waals surface area contributed by atoms with Gasteiger partial charge in [0, 0.05) is 19.2 Å². The lowest BCUT2D eigenvalue weighted by Crippen LogP contribution is -2.39. The third kappa shape index (κ3) is 5.96. The molecule has 26 heavy (non-hydrogen) atoms. The lowest BCUT2D eigenvalue weighted by atomic mass is 10.1. The van der Waals surface area contributed by atoms with E-state index < -0.39 is 0 Å². The summed E-state index contributed by atoms with van der Waals surface area (Å²) in [4.78, 5) is 4.23. The van der Waals surface area contributed by atoms with Gasteiger partial charge >= 0.3 is 0 Å². The third-order valence-electron chi connectivity index (χ3n) is 4.35. The van der Waals surface area contributed by atoms with Crippen molar-refractivity contribution in [3.8, 4) is 0 Å². The molecular weight excluding hydrogens is 446 g/mol. The highest BCUT2D eigenvalue weighted by atomic mass is 127. The third-order valence-corrected chi connectivity index (χ3v) is 4.35. The molecule has 0 radical (unpaired) electrons. The number of hydrogen-bond acceptors (Lipinski definition) is 3. The van der Waals surface area contributed by atoms with Crippen molar-refractivity contribution in [2.45, 2.75) is 46.6 Å². The lowest BCUT2D eigenvalue weighted by molar-refractivity contribution is 0.392. The van der Waals surface area contributed by atoms with Gasteiger partial charge < -0.3 is 15.2 Å². The standard InChI is InChI=1S/C19H27FN4O.HI/c1-12-8-9-16(11-18(12)20)13(2)23-19(21-5)22-10-6-7-17-14(3)24-25-15(17)4;/h8-9,11,13H,6-7,10H2,1-5H3,(H2,21,22,23);1H. The number of aliphatic imine (C=N–C) groups is 1. The molecule has 0 aliphatic heterocycles. The molecule has 0 saturated carbocycles. The average molecular weight is 474 g/mol. The largest absolute Gasteiger partial charge is 0.361 e. The van der Waals surface area contributed by atoms with Crippen molar-refractivity contribution in [2.75, 3.05) is 13.6 Å². The molecule has 1 aromatic heterocycles. The molecule has 0 fully saturated rings. The van der Waals surface area contributed by atoms with Crippen LogP contribution < -0.4 is 10.6 Å².